The molecule has 0 radical (unpaired) electrons. The van der Waals surface area contributed by atoms with E-state index in [-0.39, 0.29) is 5.75 Å². The van der Waals surface area contributed by atoms with Crippen LogP contribution in [0.1, 0.15) is 45.3 Å². The summed E-state index contributed by atoms with van der Waals surface area (Å²) in [5.41, 5.74) is -0.472. The first-order valence-electron chi connectivity index (χ1n) is 5.98. The number of hydrogen-bond donors (Lipinski definition) is 1. The van der Waals surface area contributed by atoms with Crippen molar-refractivity contribution in [2.24, 2.45) is 5.92 Å². The van der Waals surface area contributed by atoms with Crippen molar-refractivity contribution in [2.45, 2.75) is 46.0 Å². The van der Waals surface area contributed by atoms with Crippen LogP contribution in [0.3, 0.4) is 0 Å². The van der Waals surface area contributed by atoms with Gasteiger partial charge >= 0.3 is 5.63 Å². The first-order chi connectivity index (χ1) is 7.65. The minimum atomic E-state index is -0.472. The zero-order valence-corrected chi connectivity index (χ0v) is 10.0. The Kier molecular flexibility index (Phi) is 5.09. The van der Waals surface area contributed by atoms with E-state index in [1.54, 1.807) is 0 Å². The first kappa shape index (κ1) is 12.8. The molecule has 0 spiro atoms. The van der Waals surface area contributed by atoms with Crippen LogP contribution in [-0.4, -0.2) is 5.11 Å². The van der Waals surface area contributed by atoms with Gasteiger partial charge in [0.05, 0.1) is 6.07 Å². The second-order valence-corrected chi connectivity index (χ2v) is 4.22. The predicted octanol–water partition coefficient (Wildman–Crippen LogP) is 3.10. The summed E-state index contributed by atoms with van der Waals surface area (Å²) in [5.74, 6) is 1.12. The lowest BCUT2D eigenvalue weighted by Gasteiger charge is -2.13. The van der Waals surface area contributed by atoms with Crippen molar-refractivity contribution < 1.29 is 9.52 Å². The molecule has 3 heteroatoms. The lowest BCUT2D eigenvalue weighted by atomic mass is 9.94. The van der Waals surface area contributed by atoms with Gasteiger partial charge in [0.2, 0.25) is 0 Å². The van der Waals surface area contributed by atoms with Crippen molar-refractivity contribution in [3.8, 4) is 5.75 Å². The molecular weight excluding hydrogens is 204 g/mol. The molecule has 0 aliphatic heterocycles. The summed E-state index contributed by atoms with van der Waals surface area (Å²) < 4.78 is 5.05. The van der Waals surface area contributed by atoms with Gasteiger partial charge in [0, 0.05) is 12.5 Å². The fourth-order valence-corrected chi connectivity index (χ4v) is 1.84. The second-order valence-electron chi connectivity index (χ2n) is 4.22. The molecule has 0 aliphatic carbocycles. The maximum Gasteiger partial charge on any atom is 0.339 e. The molecule has 3 nitrogen and oxygen atoms in total. The fourth-order valence-electron chi connectivity index (χ4n) is 1.84. The smallest absolute Gasteiger partial charge is 0.339 e. The number of unbranched alkanes of at least 4 members (excludes halogenated alkanes) is 1. The van der Waals surface area contributed by atoms with Gasteiger partial charge in [-0.05, 0) is 5.92 Å². The van der Waals surface area contributed by atoms with E-state index in [1.165, 1.54) is 18.9 Å². The van der Waals surface area contributed by atoms with Crippen LogP contribution in [0.15, 0.2) is 21.3 Å². The quantitative estimate of drug-likeness (QED) is 0.807. The predicted molar refractivity (Wildman–Crippen MR) is 63.7 cm³/mol. The molecule has 0 saturated carbocycles. The number of rotatable bonds is 6. The van der Waals surface area contributed by atoms with E-state index in [0.717, 1.165) is 25.3 Å². The van der Waals surface area contributed by atoms with Crippen LogP contribution in [0.25, 0.3) is 0 Å². The lowest BCUT2D eigenvalue weighted by Crippen LogP contribution is -2.06. The van der Waals surface area contributed by atoms with Crippen LogP contribution in [0.5, 0.6) is 5.75 Å². The van der Waals surface area contributed by atoms with Crippen LogP contribution in [0, 0.1) is 5.92 Å². The molecule has 0 saturated heterocycles. The molecule has 0 amide bonds. The summed E-state index contributed by atoms with van der Waals surface area (Å²) in [5, 5.41) is 9.30. The molecule has 0 aromatic carbocycles. The van der Waals surface area contributed by atoms with Crippen LogP contribution in [0.4, 0.5) is 0 Å². The van der Waals surface area contributed by atoms with E-state index in [0.29, 0.717) is 11.7 Å². The molecule has 1 unspecified atom stereocenters. The van der Waals surface area contributed by atoms with Gasteiger partial charge in [0.15, 0.2) is 0 Å². The van der Waals surface area contributed by atoms with E-state index in [4.69, 9.17) is 4.42 Å². The Labute approximate surface area is 96.1 Å². The molecule has 1 aromatic rings. The fraction of sp³-hybridized carbons (Fsp3) is 0.615. The topological polar surface area (TPSA) is 50.4 Å². The molecule has 16 heavy (non-hydrogen) atoms. The lowest BCUT2D eigenvalue weighted by molar-refractivity contribution is 0.371. The number of hydrogen-bond acceptors (Lipinski definition) is 3. The average Bonchev–Trinajstić information content (AvgIpc) is 2.22. The highest BCUT2D eigenvalue weighted by Gasteiger charge is 2.10. The highest BCUT2D eigenvalue weighted by atomic mass is 16.4. The van der Waals surface area contributed by atoms with Crippen molar-refractivity contribution in [2.75, 3.05) is 0 Å². The highest BCUT2D eigenvalue weighted by molar-refractivity contribution is 5.18. The van der Waals surface area contributed by atoms with Gasteiger partial charge in [-0.3, -0.25) is 0 Å². The normalized spacial score (nSPS) is 12.6. The van der Waals surface area contributed by atoms with E-state index in [1.807, 2.05) is 0 Å². The Balaban J connectivity index is 2.66. The molecule has 0 aliphatic rings. The Hall–Kier alpha value is -1.25. The molecule has 0 fully saturated rings. The Morgan fingerprint density at radius 3 is 2.69 bits per heavy atom. The van der Waals surface area contributed by atoms with Crippen LogP contribution in [0.2, 0.25) is 0 Å². The molecule has 90 valence electrons. The van der Waals surface area contributed by atoms with Gasteiger partial charge in [0.1, 0.15) is 11.5 Å². The summed E-state index contributed by atoms with van der Waals surface area (Å²) >= 11 is 0. The first-order valence-corrected chi connectivity index (χ1v) is 5.98. The molecule has 1 atom stereocenters. The van der Waals surface area contributed by atoms with Crippen LogP contribution < -0.4 is 5.63 Å². The van der Waals surface area contributed by atoms with Gasteiger partial charge in [0.25, 0.3) is 0 Å². The molecular formula is C13H20O3. The van der Waals surface area contributed by atoms with Gasteiger partial charge in [-0.25, -0.2) is 4.79 Å². The minimum Gasteiger partial charge on any atom is -0.508 e. The van der Waals surface area contributed by atoms with Gasteiger partial charge in [-0.1, -0.05) is 39.5 Å². The molecule has 1 N–H and O–H groups in total. The molecule has 0 bridgehead atoms. The third-order valence-electron chi connectivity index (χ3n) is 2.84. The zero-order chi connectivity index (χ0) is 12.0. The third kappa shape index (κ3) is 4.09. The maximum absolute atomic E-state index is 11.1. The largest absolute Gasteiger partial charge is 0.508 e. The second kappa shape index (κ2) is 6.36. The van der Waals surface area contributed by atoms with Crippen LogP contribution >= 0.6 is 0 Å². The molecule has 1 heterocycles. The van der Waals surface area contributed by atoms with E-state index in [9.17, 15) is 9.90 Å². The third-order valence-corrected chi connectivity index (χ3v) is 2.84. The Morgan fingerprint density at radius 2 is 2.12 bits per heavy atom. The number of aromatic hydroxyl groups is 1. The zero-order valence-electron chi connectivity index (χ0n) is 10.0. The van der Waals surface area contributed by atoms with Crippen molar-refractivity contribution >= 4 is 0 Å². The summed E-state index contributed by atoms with van der Waals surface area (Å²) in [6.45, 7) is 4.31. The monoisotopic (exact) mass is 224 g/mol. The highest BCUT2D eigenvalue weighted by Crippen LogP contribution is 2.19. The standard InChI is InChI=1S/C13H20O3/c1-3-5-6-10(4-2)7-12-8-11(14)9-13(15)16-12/h8-10,14H,3-7H2,1-2H3. The van der Waals surface area contributed by atoms with Crippen LogP contribution in [-0.2, 0) is 6.42 Å². The Bertz CT molecular complexity index is 368. The summed E-state index contributed by atoms with van der Waals surface area (Å²) in [4.78, 5) is 11.1. The summed E-state index contributed by atoms with van der Waals surface area (Å²) in [7, 11) is 0. The van der Waals surface area contributed by atoms with Crippen molar-refractivity contribution in [3.63, 3.8) is 0 Å². The summed E-state index contributed by atoms with van der Waals surface area (Å²) in [6, 6.07) is 2.63. The van der Waals surface area contributed by atoms with E-state index < -0.39 is 5.63 Å². The Morgan fingerprint density at radius 1 is 1.38 bits per heavy atom. The summed E-state index contributed by atoms with van der Waals surface area (Å²) in [6.07, 6.45) is 5.33. The van der Waals surface area contributed by atoms with Gasteiger partial charge < -0.3 is 9.52 Å². The van der Waals surface area contributed by atoms with E-state index in [2.05, 4.69) is 13.8 Å². The minimum absolute atomic E-state index is 0.00315. The average molecular weight is 224 g/mol. The molecule has 1 aromatic heterocycles. The van der Waals surface area contributed by atoms with E-state index >= 15 is 0 Å². The van der Waals surface area contributed by atoms with Crippen molar-refractivity contribution in [3.05, 3.63) is 28.3 Å². The molecule has 1 rings (SSSR count). The van der Waals surface area contributed by atoms with Crippen molar-refractivity contribution in [1.29, 1.82) is 0 Å². The van der Waals surface area contributed by atoms with Gasteiger partial charge in [-0.2, -0.15) is 0 Å². The van der Waals surface area contributed by atoms with Gasteiger partial charge in [-0.15, -0.1) is 0 Å². The maximum atomic E-state index is 11.1. The SMILES string of the molecule is CCCCC(CC)Cc1cc(O)cc(=O)o1. The van der Waals surface area contributed by atoms with Crippen molar-refractivity contribution in [1.82, 2.24) is 0 Å².